The molecule has 1 unspecified atom stereocenters. The van der Waals surface area contributed by atoms with E-state index in [2.05, 4.69) is 16.9 Å². The first-order valence-electron chi connectivity index (χ1n) is 8.61. The zero-order valence-corrected chi connectivity index (χ0v) is 16.6. The van der Waals surface area contributed by atoms with Crippen LogP contribution in [0.25, 0.3) is 0 Å². The predicted octanol–water partition coefficient (Wildman–Crippen LogP) is 2.01. The molecule has 0 radical (unpaired) electrons. The lowest BCUT2D eigenvalue weighted by Crippen LogP contribution is -2.46. The highest BCUT2D eigenvalue weighted by molar-refractivity contribution is 7.91. The lowest BCUT2D eigenvalue weighted by Gasteiger charge is -2.30. The molecule has 1 aliphatic heterocycles. The predicted molar refractivity (Wildman–Crippen MR) is 98.4 cm³/mol. The topological polar surface area (TPSA) is 82.6 Å². The number of hydrogen-bond donors (Lipinski definition) is 1. The number of piperazine rings is 1. The van der Waals surface area contributed by atoms with Gasteiger partial charge in [0.2, 0.25) is 5.92 Å². The van der Waals surface area contributed by atoms with Crippen molar-refractivity contribution in [3.8, 4) is 0 Å². The van der Waals surface area contributed by atoms with Gasteiger partial charge in [-0.05, 0) is 19.4 Å². The number of nitrogens with one attached hydrogen (secondary N) is 1. The van der Waals surface area contributed by atoms with Crippen LogP contribution in [0.15, 0.2) is 22.6 Å². The summed E-state index contributed by atoms with van der Waals surface area (Å²) in [6.07, 6.45) is 0.773. The second-order valence-electron chi connectivity index (χ2n) is 6.97. The van der Waals surface area contributed by atoms with Crippen LogP contribution >= 0.6 is 11.3 Å². The second-order valence-corrected chi connectivity index (χ2v) is 10.2. The van der Waals surface area contributed by atoms with Crippen molar-refractivity contribution in [1.29, 1.82) is 0 Å². The first-order valence-corrected chi connectivity index (χ1v) is 10.9. The molecule has 2 aliphatic rings. The van der Waals surface area contributed by atoms with Crippen LogP contribution in [-0.4, -0.2) is 67.7 Å². The van der Waals surface area contributed by atoms with Gasteiger partial charge in [-0.2, -0.15) is 4.31 Å². The number of aromatic nitrogens is 1. The van der Waals surface area contributed by atoms with Crippen molar-refractivity contribution in [1.82, 2.24) is 14.2 Å². The Morgan fingerprint density at radius 1 is 1.37 bits per heavy atom. The Morgan fingerprint density at radius 3 is 2.63 bits per heavy atom. The van der Waals surface area contributed by atoms with Crippen LogP contribution in [0.3, 0.4) is 0 Å². The zero-order chi connectivity index (χ0) is 19.8. The summed E-state index contributed by atoms with van der Waals surface area (Å²) in [6.45, 7) is 5.72. The van der Waals surface area contributed by atoms with E-state index in [0.717, 1.165) is 11.3 Å². The lowest BCUT2D eigenvalue weighted by molar-refractivity contribution is -0.113. The number of alkyl halides is 2. The fraction of sp³-hybridized carbons (Fsp3) is 0.625. The van der Waals surface area contributed by atoms with Gasteiger partial charge in [-0.1, -0.05) is 17.9 Å². The Balaban J connectivity index is 1.64. The van der Waals surface area contributed by atoms with Crippen LogP contribution in [0.2, 0.25) is 0 Å². The molecule has 1 aromatic heterocycles. The van der Waals surface area contributed by atoms with Crippen LogP contribution in [0.5, 0.6) is 0 Å². The van der Waals surface area contributed by atoms with Crippen LogP contribution in [0.1, 0.15) is 19.3 Å². The van der Waals surface area contributed by atoms with Gasteiger partial charge in [0.05, 0.1) is 6.20 Å². The third kappa shape index (κ3) is 4.53. The molecule has 1 atom stereocenters. The van der Waals surface area contributed by atoms with Gasteiger partial charge in [-0.15, -0.1) is 0 Å². The van der Waals surface area contributed by atoms with Crippen molar-refractivity contribution in [2.24, 2.45) is 5.92 Å². The number of carbonyl (C=O) groups excluding carboxylic acids is 1. The average molecular weight is 421 g/mol. The minimum absolute atomic E-state index is 0.0420. The van der Waals surface area contributed by atoms with Gasteiger partial charge in [0, 0.05) is 44.6 Å². The molecule has 1 aliphatic carbocycles. The lowest BCUT2D eigenvalue weighted by atomic mass is 9.98. The number of likely N-dealkylation sites (N-methyl/N-ethyl adjacent to an activating group) is 1. The summed E-state index contributed by atoms with van der Waals surface area (Å²) in [5.74, 6) is -3.94. The van der Waals surface area contributed by atoms with E-state index in [9.17, 15) is 22.0 Å². The Morgan fingerprint density at radius 2 is 2.04 bits per heavy atom. The standard InChI is InChI=1S/C16H22F2N4O3S2/c1-11(12-3-4-16(17,18)9-12)14(23)20-15-19-10-13(26-15)27(24,25)22-7-5-21(2)6-8-22/h10,12H,1,3-9H2,2H3,(H,19,20,23). The third-order valence-electron chi connectivity index (χ3n) is 4.95. The Labute approximate surface area is 161 Å². The minimum Gasteiger partial charge on any atom is -0.304 e. The average Bonchev–Trinajstić information content (AvgIpc) is 3.21. The van der Waals surface area contributed by atoms with E-state index in [4.69, 9.17) is 0 Å². The SMILES string of the molecule is C=C(C(=O)Nc1ncc(S(=O)(=O)N2CCN(C)CC2)s1)C1CCC(F)(F)C1. The number of nitrogens with zero attached hydrogens (tertiary/aromatic N) is 3. The van der Waals surface area contributed by atoms with Gasteiger partial charge in [-0.3, -0.25) is 10.1 Å². The first kappa shape index (κ1) is 20.3. The quantitative estimate of drug-likeness (QED) is 0.737. The summed E-state index contributed by atoms with van der Waals surface area (Å²) in [5, 5.41) is 2.59. The molecule has 2 fully saturated rings. The Hall–Kier alpha value is -1.43. The zero-order valence-electron chi connectivity index (χ0n) is 15.0. The van der Waals surface area contributed by atoms with Crippen LogP contribution < -0.4 is 5.32 Å². The highest BCUT2D eigenvalue weighted by atomic mass is 32.2. The highest BCUT2D eigenvalue weighted by Crippen LogP contribution is 2.42. The highest BCUT2D eigenvalue weighted by Gasteiger charge is 2.41. The molecule has 3 rings (SSSR count). The second kappa shape index (κ2) is 7.53. The summed E-state index contributed by atoms with van der Waals surface area (Å²) in [5.41, 5.74) is 0.0749. The molecular weight excluding hydrogens is 398 g/mol. The van der Waals surface area contributed by atoms with Gasteiger partial charge in [0.15, 0.2) is 9.34 Å². The summed E-state index contributed by atoms with van der Waals surface area (Å²) in [7, 11) is -1.73. The molecule has 27 heavy (non-hydrogen) atoms. The molecule has 0 spiro atoms. The monoisotopic (exact) mass is 420 g/mol. The van der Waals surface area contributed by atoms with Crippen molar-refractivity contribution in [2.45, 2.75) is 29.4 Å². The van der Waals surface area contributed by atoms with E-state index in [1.165, 1.54) is 10.5 Å². The maximum absolute atomic E-state index is 13.3. The normalized spacial score (nSPS) is 24.0. The van der Waals surface area contributed by atoms with Gasteiger partial charge in [-0.25, -0.2) is 22.2 Å². The number of thiazole rings is 1. The molecule has 7 nitrogen and oxygen atoms in total. The number of halogens is 2. The molecule has 0 aromatic carbocycles. The fourth-order valence-corrected chi connectivity index (χ4v) is 5.81. The van der Waals surface area contributed by atoms with Gasteiger partial charge in [0.25, 0.3) is 15.9 Å². The largest absolute Gasteiger partial charge is 0.304 e. The van der Waals surface area contributed by atoms with Crippen molar-refractivity contribution in [3.63, 3.8) is 0 Å². The number of sulfonamides is 1. The summed E-state index contributed by atoms with van der Waals surface area (Å²) in [4.78, 5) is 18.2. The van der Waals surface area contributed by atoms with Crippen molar-refractivity contribution in [2.75, 3.05) is 38.5 Å². The van der Waals surface area contributed by atoms with E-state index in [1.54, 1.807) is 0 Å². The molecule has 1 saturated carbocycles. The molecule has 150 valence electrons. The molecule has 1 saturated heterocycles. The van der Waals surface area contributed by atoms with E-state index in [0.29, 0.717) is 26.2 Å². The summed E-state index contributed by atoms with van der Waals surface area (Å²) >= 11 is 0.847. The maximum atomic E-state index is 13.3. The third-order valence-corrected chi connectivity index (χ3v) is 8.20. The van der Waals surface area contributed by atoms with Gasteiger partial charge < -0.3 is 4.90 Å². The van der Waals surface area contributed by atoms with Gasteiger partial charge >= 0.3 is 0 Å². The van der Waals surface area contributed by atoms with Gasteiger partial charge in [0.1, 0.15) is 0 Å². The van der Waals surface area contributed by atoms with Crippen molar-refractivity contribution < 1.29 is 22.0 Å². The van der Waals surface area contributed by atoms with E-state index < -0.39 is 27.8 Å². The molecule has 1 amide bonds. The Kier molecular flexibility index (Phi) is 5.67. The van der Waals surface area contributed by atoms with E-state index in [1.807, 2.05) is 11.9 Å². The van der Waals surface area contributed by atoms with Crippen LogP contribution in [-0.2, 0) is 14.8 Å². The molecule has 2 heterocycles. The molecule has 1 aromatic rings. The fourth-order valence-electron chi connectivity index (χ4n) is 3.20. The van der Waals surface area contributed by atoms with Crippen LogP contribution in [0, 0.1) is 5.92 Å². The minimum atomic E-state index is -3.66. The molecule has 1 N–H and O–H groups in total. The number of hydrogen-bond acceptors (Lipinski definition) is 6. The maximum Gasteiger partial charge on any atom is 0.254 e. The smallest absolute Gasteiger partial charge is 0.254 e. The first-order chi connectivity index (χ1) is 12.6. The number of anilines is 1. The Bertz CT molecular complexity index is 832. The number of carbonyl (C=O) groups is 1. The van der Waals surface area contributed by atoms with Crippen molar-refractivity contribution in [3.05, 3.63) is 18.3 Å². The summed E-state index contributed by atoms with van der Waals surface area (Å²) < 4.78 is 53.4. The van der Waals surface area contributed by atoms with Crippen molar-refractivity contribution >= 4 is 32.4 Å². The number of rotatable bonds is 5. The molecular formula is C16H22F2N4O3S2. The summed E-state index contributed by atoms with van der Waals surface area (Å²) in [6, 6.07) is 0. The van der Waals surface area contributed by atoms with Crippen LogP contribution in [0.4, 0.5) is 13.9 Å². The van der Waals surface area contributed by atoms with E-state index >= 15 is 0 Å². The molecule has 11 heteroatoms. The molecule has 0 bridgehead atoms. The number of amides is 1. The van der Waals surface area contributed by atoms with E-state index in [-0.39, 0.29) is 34.2 Å².